The molecule has 0 radical (unpaired) electrons. The number of carboxylic acid groups (broad SMARTS) is 1. The number of nitrogens with zero attached hydrogens (tertiary/aromatic N) is 1. The van der Waals surface area contributed by atoms with Crippen molar-refractivity contribution < 1.29 is 14.7 Å². The Kier molecular flexibility index (Phi) is 6.82. The zero-order valence-electron chi connectivity index (χ0n) is 12.9. The lowest BCUT2D eigenvalue weighted by atomic mass is 9.81. The molecule has 1 rings (SSSR count). The van der Waals surface area contributed by atoms with Crippen molar-refractivity contribution in [2.45, 2.75) is 58.4 Å². The van der Waals surface area contributed by atoms with E-state index in [1.54, 1.807) is 14.0 Å². The van der Waals surface area contributed by atoms with E-state index in [0.717, 1.165) is 5.92 Å². The minimum absolute atomic E-state index is 0.281. The molecule has 0 heterocycles. The first kappa shape index (κ1) is 16.8. The van der Waals surface area contributed by atoms with Gasteiger partial charge in [-0.2, -0.15) is 0 Å². The lowest BCUT2D eigenvalue weighted by molar-refractivity contribution is -0.141. The van der Waals surface area contributed by atoms with Gasteiger partial charge in [-0.15, -0.1) is 0 Å². The van der Waals surface area contributed by atoms with Gasteiger partial charge in [0.15, 0.2) is 0 Å². The third kappa shape index (κ3) is 4.69. The smallest absolute Gasteiger partial charge is 0.326 e. The van der Waals surface area contributed by atoms with Gasteiger partial charge in [0.2, 0.25) is 0 Å². The van der Waals surface area contributed by atoms with Crippen LogP contribution in [0, 0.1) is 11.8 Å². The SMILES string of the molecule is CCC1CCC(CNC(=O)N(C)C(CC)C(=O)O)CC1. The highest BCUT2D eigenvalue weighted by Gasteiger charge is 2.26. The first-order valence-corrected chi connectivity index (χ1v) is 7.73. The summed E-state index contributed by atoms with van der Waals surface area (Å²) in [6.07, 6.45) is 6.50. The van der Waals surface area contributed by atoms with Crippen LogP contribution in [0.5, 0.6) is 0 Å². The number of amides is 2. The predicted octanol–water partition coefficient (Wildman–Crippen LogP) is 2.71. The topological polar surface area (TPSA) is 69.6 Å². The molecular formula is C15H28N2O3. The van der Waals surface area contributed by atoms with Gasteiger partial charge in [-0.1, -0.05) is 33.1 Å². The number of hydrogen-bond donors (Lipinski definition) is 2. The number of hydrogen-bond acceptors (Lipinski definition) is 2. The molecule has 5 heteroatoms. The van der Waals surface area contributed by atoms with Gasteiger partial charge in [-0.25, -0.2) is 9.59 Å². The van der Waals surface area contributed by atoms with Gasteiger partial charge in [-0.05, 0) is 31.1 Å². The second-order valence-electron chi connectivity index (χ2n) is 5.85. The van der Waals surface area contributed by atoms with Crippen molar-refractivity contribution in [1.29, 1.82) is 0 Å². The molecule has 0 aromatic carbocycles. The van der Waals surface area contributed by atoms with Gasteiger partial charge in [-0.3, -0.25) is 0 Å². The van der Waals surface area contributed by atoms with Crippen molar-refractivity contribution in [2.75, 3.05) is 13.6 Å². The molecule has 0 saturated heterocycles. The summed E-state index contributed by atoms with van der Waals surface area (Å²) in [7, 11) is 1.55. The first-order valence-electron chi connectivity index (χ1n) is 7.73. The highest BCUT2D eigenvalue weighted by atomic mass is 16.4. The normalized spacial score (nSPS) is 23.9. The Balaban J connectivity index is 2.34. The summed E-state index contributed by atoms with van der Waals surface area (Å²) in [5, 5.41) is 11.9. The van der Waals surface area contributed by atoms with Crippen LogP contribution in [-0.2, 0) is 4.79 Å². The van der Waals surface area contributed by atoms with E-state index < -0.39 is 12.0 Å². The Bertz CT molecular complexity index is 325. The average Bonchev–Trinajstić information content (AvgIpc) is 2.45. The maximum atomic E-state index is 12.0. The van der Waals surface area contributed by atoms with E-state index in [1.807, 2.05) is 0 Å². The molecule has 0 aromatic heterocycles. The van der Waals surface area contributed by atoms with Crippen LogP contribution in [-0.4, -0.2) is 41.6 Å². The van der Waals surface area contributed by atoms with Crippen molar-refractivity contribution >= 4 is 12.0 Å². The number of aliphatic carboxylic acids is 1. The summed E-state index contributed by atoms with van der Waals surface area (Å²) < 4.78 is 0. The number of urea groups is 1. The van der Waals surface area contributed by atoms with E-state index in [0.29, 0.717) is 18.9 Å². The summed E-state index contributed by atoms with van der Waals surface area (Å²) in [6, 6.07) is -1.03. The van der Waals surface area contributed by atoms with Gasteiger partial charge >= 0.3 is 12.0 Å². The Morgan fingerprint density at radius 1 is 1.20 bits per heavy atom. The lowest BCUT2D eigenvalue weighted by Gasteiger charge is -2.29. The monoisotopic (exact) mass is 284 g/mol. The van der Waals surface area contributed by atoms with Crippen molar-refractivity contribution in [2.24, 2.45) is 11.8 Å². The van der Waals surface area contributed by atoms with Crippen LogP contribution in [0.4, 0.5) is 4.79 Å². The van der Waals surface area contributed by atoms with E-state index in [-0.39, 0.29) is 6.03 Å². The molecule has 116 valence electrons. The number of carboxylic acids is 1. The van der Waals surface area contributed by atoms with Gasteiger partial charge in [0.05, 0.1) is 0 Å². The van der Waals surface area contributed by atoms with Crippen molar-refractivity contribution in [3.05, 3.63) is 0 Å². The summed E-state index contributed by atoms with van der Waals surface area (Å²) in [6.45, 7) is 4.67. The summed E-state index contributed by atoms with van der Waals surface area (Å²) in [5.74, 6) is 0.440. The van der Waals surface area contributed by atoms with E-state index in [4.69, 9.17) is 5.11 Å². The average molecular weight is 284 g/mol. The van der Waals surface area contributed by atoms with Crippen molar-refractivity contribution in [1.82, 2.24) is 10.2 Å². The predicted molar refractivity (Wildman–Crippen MR) is 78.6 cm³/mol. The van der Waals surface area contributed by atoms with Gasteiger partial charge < -0.3 is 15.3 Å². The fourth-order valence-electron chi connectivity index (χ4n) is 2.96. The summed E-state index contributed by atoms with van der Waals surface area (Å²) in [5.41, 5.74) is 0. The Morgan fingerprint density at radius 3 is 2.20 bits per heavy atom. The minimum atomic E-state index is -0.950. The molecule has 0 bridgehead atoms. The van der Waals surface area contributed by atoms with Crippen molar-refractivity contribution in [3.8, 4) is 0 Å². The fraction of sp³-hybridized carbons (Fsp3) is 0.867. The molecular weight excluding hydrogens is 256 g/mol. The van der Waals surface area contributed by atoms with Gasteiger partial charge in [0.1, 0.15) is 6.04 Å². The zero-order chi connectivity index (χ0) is 15.1. The first-order chi connectivity index (χ1) is 9.49. The minimum Gasteiger partial charge on any atom is -0.480 e. The fourth-order valence-corrected chi connectivity index (χ4v) is 2.96. The third-order valence-corrected chi connectivity index (χ3v) is 4.55. The van der Waals surface area contributed by atoms with Gasteiger partial charge in [0, 0.05) is 13.6 Å². The second kappa shape index (κ2) is 8.12. The maximum Gasteiger partial charge on any atom is 0.326 e. The lowest BCUT2D eigenvalue weighted by Crippen LogP contribution is -2.48. The Labute approximate surface area is 121 Å². The van der Waals surface area contributed by atoms with Crippen LogP contribution in [0.3, 0.4) is 0 Å². The highest BCUT2D eigenvalue weighted by Crippen LogP contribution is 2.30. The maximum absolute atomic E-state index is 12.0. The standard InChI is InChI=1S/C15H28N2O3/c1-4-11-6-8-12(9-7-11)10-16-15(20)17(3)13(5-2)14(18)19/h11-13H,4-10H2,1-3H3,(H,16,20)(H,18,19). The highest BCUT2D eigenvalue weighted by molar-refractivity contribution is 5.82. The number of rotatable bonds is 6. The number of nitrogens with one attached hydrogen (secondary N) is 1. The van der Waals surface area contributed by atoms with Crippen LogP contribution < -0.4 is 5.32 Å². The molecule has 0 aromatic rings. The van der Waals surface area contributed by atoms with Gasteiger partial charge in [0.25, 0.3) is 0 Å². The zero-order valence-corrected chi connectivity index (χ0v) is 12.9. The number of carbonyl (C=O) groups excluding carboxylic acids is 1. The van der Waals surface area contributed by atoms with Crippen LogP contribution in [0.1, 0.15) is 52.4 Å². The molecule has 1 unspecified atom stereocenters. The Hall–Kier alpha value is -1.26. The molecule has 1 atom stereocenters. The number of carbonyl (C=O) groups is 2. The molecule has 2 N–H and O–H groups in total. The molecule has 1 aliphatic carbocycles. The molecule has 1 fully saturated rings. The number of likely N-dealkylation sites (N-methyl/N-ethyl adjacent to an activating group) is 1. The largest absolute Gasteiger partial charge is 0.480 e. The van der Waals surface area contributed by atoms with E-state index >= 15 is 0 Å². The second-order valence-corrected chi connectivity index (χ2v) is 5.85. The van der Waals surface area contributed by atoms with Crippen molar-refractivity contribution in [3.63, 3.8) is 0 Å². The van der Waals surface area contributed by atoms with E-state index in [2.05, 4.69) is 12.2 Å². The molecule has 1 saturated carbocycles. The molecule has 2 amide bonds. The van der Waals surface area contributed by atoms with Crippen LogP contribution >= 0.6 is 0 Å². The summed E-state index contributed by atoms with van der Waals surface area (Å²) >= 11 is 0. The molecule has 1 aliphatic rings. The molecule has 20 heavy (non-hydrogen) atoms. The third-order valence-electron chi connectivity index (χ3n) is 4.55. The van der Waals surface area contributed by atoms with E-state index in [9.17, 15) is 9.59 Å². The van der Waals surface area contributed by atoms with E-state index in [1.165, 1.54) is 37.0 Å². The summed E-state index contributed by atoms with van der Waals surface area (Å²) in [4.78, 5) is 24.3. The molecule has 0 aliphatic heterocycles. The molecule has 0 spiro atoms. The van der Waals surface area contributed by atoms with Crippen LogP contribution in [0.15, 0.2) is 0 Å². The quantitative estimate of drug-likeness (QED) is 0.788. The Morgan fingerprint density at radius 2 is 1.75 bits per heavy atom. The van der Waals surface area contributed by atoms with Crippen LogP contribution in [0.25, 0.3) is 0 Å². The van der Waals surface area contributed by atoms with Crippen LogP contribution in [0.2, 0.25) is 0 Å². The molecule has 5 nitrogen and oxygen atoms in total.